The van der Waals surface area contributed by atoms with Gasteiger partial charge in [0.25, 0.3) is 0 Å². The number of nitrogens with zero attached hydrogens (tertiary/aromatic N) is 3. The van der Waals surface area contributed by atoms with Crippen molar-refractivity contribution in [2.24, 2.45) is 0 Å². The first kappa shape index (κ1) is 21.8. The first-order valence-electron chi connectivity index (χ1n) is 11.5. The van der Waals surface area contributed by atoms with Crippen molar-refractivity contribution in [1.82, 2.24) is 25.4 Å². The highest BCUT2D eigenvalue weighted by molar-refractivity contribution is 5.91. The number of fused-ring (bicyclic) bond motifs is 1. The molecular formula is C22H34N6O3. The summed E-state index contributed by atoms with van der Waals surface area (Å²) in [6.45, 7) is 8.29. The van der Waals surface area contributed by atoms with E-state index in [2.05, 4.69) is 34.9 Å². The molecule has 2 amide bonds. The number of aromatic nitrogens is 3. The summed E-state index contributed by atoms with van der Waals surface area (Å²) in [7, 11) is 0. The Morgan fingerprint density at radius 2 is 1.77 bits per heavy atom. The Morgan fingerprint density at radius 1 is 1.10 bits per heavy atom. The number of aryl methyl sites for hydroxylation is 2. The van der Waals surface area contributed by atoms with Crippen LogP contribution in [0.2, 0.25) is 0 Å². The third-order valence-electron chi connectivity index (χ3n) is 6.16. The van der Waals surface area contributed by atoms with Crippen LogP contribution >= 0.6 is 0 Å². The largest absolute Gasteiger partial charge is 0.381 e. The summed E-state index contributed by atoms with van der Waals surface area (Å²) in [5, 5.41) is 15.4. The Hall–Kier alpha value is -2.39. The fourth-order valence-corrected chi connectivity index (χ4v) is 4.35. The summed E-state index contributed by atoms with van der Waals surface area (Å²) in [5.41, 5.74) is 3.96. The van der Waals surface area contributed by atoms with Gasteiger partial charge in [0.05, 0.1) is 17.3 Å². The molecule has 4 rings (SSSR count). The Kier molecular flexibility index (Phi) is 7.24. The molecule has 2 aliphatic heterocycles. The van der Waals surface area contributed by atoms with Crippen molar-refractivity contribution in [3.05, 3.63) is 17.5 Å². The number of amides is 2. The van der Waals surface area contributed by atoms with Gasteiger partial charge in [0.2, 0.25) is 0 Å². The molecule has 0 radical (unpaired) electrons. The second-order valence-electron chi connectivity index (χ2n) is 8.21. The number of hydrogen-bond donors (Lipinski definition) is 3. The standard InChI is InChI=1S/C22H34N6O3/c1-3-19-17(13-23-22(29)26-16-7-11-31-12-8-16)20(25-15-5-9-30-10-6-15)18-14-24-28(4-2)21(18)27-19/h14-16H,3-13H2,1-2H3,(H,25,27)(H2,23,26,29). The van der Waals surface area contributed by atoms with E-state index in [-0.39, 0.29) is 12.1 Å². The predicted octanol–water partition coefficient (Wildman–Crippen LogP) is 2.58. The smallest absolute Gasteiger partial charge is 0.315 e. The number of ether oxygens (including phenoxy) is 2. The van der Waals surface area contributed by atoms with Crippen LogP contribution in [0.3, 0.4) is 0 Å². The van der Waals surface area contributed by atoms with Gasteiger partial charge < -0.3 is 25.4 Å². The molecule has 0 spiro atoms. The van der Waals surface area contributed by atoms with E-state index in [1.165, 1.54) is 0 Å². The van der Waals surface area contributed by atoms with E-state index >= 15 is 0 Å². The van der Waals surface area contributed by atoms with Gasteiger partial charge in [-0.3, -0.25) is 0 Å². The second kappa shape index (κ2) is 10.3. The summed E-state index contributed by atoms with van der Waals surface area (Å²) >= 11 is 0. The highest BCUT2D eigenvalue weighted by Gasteiger charge is 2.22. The highest BCUT2D eigenvalue weighted by atomic mass is 16.5. The normalized spacial score (nSPS) is 18.3. The SMILES string of the molecule is CCc1nc2c(cnn2CC)c(NC2CCOCC2)c1CNC(=O)NC1CCOCC1. The molecule has 2 aromatic rings. The summed E-state index contributed by atoms with van der Waals surface area (Å²) in [6.07, 6.45) is 6.31. The molecule has 170 valence electrons. The fraction of sp³-hybridized carbons (Fsp3) is 0.682. The predicted molar refractivity (Wildman–Crippen MR) is 119 cm³/mol. The van der Waals surface area contributed by atoms with E-state index in [0.29, 0.717) is 25.8 Å². The van der Waals surface area contributed by atoms with Gasteiger partial charge in [-0.05, 0) is 39.0 Å². The van der Waals surface area contributed by atoms with Crippen LogP contribution in [0.1, 0.15) is 50.8 Å². The number of nitrogens with one attached hydrogen (secondary N) is 3. The molecule has 0 aliphatic carbocycles. The van der Waals surface area contributed by atoms with Gasteiger partial charge in [0.1, 0.15) is 0 Å². The van der Waals surface area contributed by atoms with Crippen molar-refractivity contribution in [2.45, 2.75) is 71.1 Å². The number of carbonyl (C=O) groups is 1. The molecule has 9 heteroatoms. The zero-order valence-corrected chi connectivity index (χ0v) is 18.6. The van der Waals surface area contributed by atoms with Gasteiger partial charge in [-0.2, -0.15) is 5.10 Å². The van der Waals surface area contributed by atoms with Crippen LogP contribution in [-0.2, 0) is 29.0 Å². The van der Waals surface area contributed by atoms with E-state index in [1.54, 1.807) is 0 Å². The van der Waals surface area contributed by atoms with Crippen LogP contribution in [-0.4, -0.2) is 59.3 Å². The molecule has 2 aromatic heterocycles. The van der Waals surface area contributed by atoms with Crippen LogP contribution in [0.15, 0.2) is 6.20 Å². The Labute approximate surface area is 183 Å². The fourth-order valence-electron chi connectivity index (χ4n) is 4.35. The maximum Gasteiger partial charge on any atom is 0.315 e. The Bertz CT molecular complexity index is 887. The Balaban J connectivity index is 1.58. The molecule has 9 nitrogen and oxygen atoms in total. The van der Waals surface area contributed by atoms with Crippen molar-refractivity contribution in [3.63, 3.8) is 0 Å². The van der Waals surface area contributed by atoms with E-state index in [1.807, 2.05) is 10.9 Å². The number of urea groups is 1. The van der Waals surface area contributed by atoms with Crippen LogP contribution in [0.4, 0.5) is 10.5 Å². The van der Waals surface area contributed by atoms with Crippen molar-refractivity contribution < 1.29 is 14.3 Å². The second-order valence-corrected chi connectivity index (χ2v) is 8.21. The molecule has 31 heavy (non-hydrogen) atoms. The third-order valence-corrected chi connectivity index (χ3v) is 6.16. The van der Waals surface area contributed by atoms with E-state index in [0.717, 1.165) is 79.8 Å². The van der Waals surface area contributed by atoms with E-state index < -0.39 is 0 Å². The zero-order valence-electron chi connectivity index (χ0n) is 18.6. The number of hydrogen-bond acceptors (Lipinski definition) is 6. The lowest BCUT2D eigenvalue weighted by Crippen LogP contribution is -2.44. The molecule has 2 saturated heterocycles. The molecule has 4 heterocycles. The van der Waals surface area contributed by atoms with Crippen LogP contribution < -0.4 is 16.0 Å². The first-order chi connectivity index (χ1) is 15.2. The lowest BCUT2D eigenvalue weighted by Gasteiger charge is -2.27. The van der Waals surface area contributed by atoms with Gasteiger partial charge in [0.15, 0.2) is 5.65 Å². The van der Waals surface area contributed by atoms with Gasteiger partial charge >= 0.3 is 6.03 Å². The van der Waals surface area contributed by atoms with Gasteiger partial charge in [-0.25, -0.2) is 14.5 Å². The van der Waals surface area contributed by atoms with Gasteiger partial charge in [0, 0.05) is 62.9 Å². The zero-order chi connectivity index (χ0) is 21.6. The summed E-state index contributed by atoms with van der Waals surface area (Å²) in [5.74, 6) is 0. The topological polar surface area (TPSA) is 102 Å². The summed E-state index contributed by atoms with van der Waals surface area (Å²) in [4.78, 5) is 17.5. The maximum absolute atomic E-state index is 12.6. The van der Waals surface area contributed by atoms with Crippen molar-refractivity contribution in [2.75, 3.05) is 31.7 Å². The number of rotatable bonds is 7. The molecular weight excluding hydrogens is 396 g/mol. The molecule has 0 unspecified atom stereocenters. The number of carbonyl (C=O) groups excluding carboxylic acids is 1. The molecule has 0 saturated carbocycles. The first-order valence-corrected chi connectivity index (χ1v) is 11.5. The molecule has 0 aromatic carbocycles. The molecule has 0 atom stereocenters. The van der Waals surface area contributed by atoms with Crippen LogP contribution in [0.5, 0.6) is 0 Å². The minimum atomic E-state index is -0.143. The quantitative estimate of drug-likeness (QED) is 0.624. The number of pyridine rings is 1. The summed E-state index contributed by atoms with van der Waals surface area (Å²) < 4.78 is 12.8. The third kappa shape index (κ3) is 5.10. The molecule has 3 N–H and O–H groups in total. The monoisotopic (exact) mass is 430 g/mol. The minimum absolute atomic E-state index is 0.143. The van der Waals surface area contributed by atoms with Crippen molar-refractivity contribution in [3.8, 4) is 0 Å². The lowest BCUT2D eigenvalue weighted by molar-refractivity contribution is 0.0801. The van der Waals surface area contributed by atoms with Crippen molar-refractivity contribution in [1.29, 1.82) is 0 Å². The average Bonchev–Trinajstić information content (AvgIpc) is 3.22. The van der Waals surface area contributed by atoms with Crippen LogP contribution in [0.25, 0.3) is 11.0 Å². The maximum atomic E-state index is 12.6. The molecule has 0 bridgehead atoms. The molecule has 2 fully saturated rings. The van der Waals surface area contributed by atoms with Gasteiger partial charge in [-0.1, -0.05) is 6.92 Å². The average molecular weight is 431 g/mol. The van der Waals surface area contributed by atoms with Gasteiger partial charge in [-0.15, -0.1) is 0 Å². The highest BCUT2D eigenvalue weighted by Crippen LogP contribution is 2.31. The van der Waals surface area contributed by atoms with Crippen LogP contribution in [0, 0.1) is 0 Å². The van der Waals surface area contributed by atoms with E-state index in [9.17, 15) is 4.79 Å². The van der Waals surface area contributed by atoms with Crippen molar-refractivity contribution >= 4 is 22.8 Å². The summed E-state index contributed by atoms with van der Waals surface area (Å²) in [6, 6.07) is 0.363. The Morgan fingerprint density at radius 3 is 2.42 bits per heavy atom. The number of anilines is 1. The molecule has 2 aliphatic rings. The minimum Gasteiger partial charge on any atom is -0.381 e. The van der Waals surface area contributed by atoms with E-state index in [4.69, 9.17) is 14.5 Å². The lowest BCUT2D eigenvalue weighted by atomic mass is 10.0.